The smallest absolute Gasteiger partial charge is 0.480 e. The Bertz CT molecular complexity index is 389. The first-order valence-electron chi connectivity index (χ1n) is 6.08. The summed E-state index contributed by atoms with van der Waals surface area (Å²) in [6.45, 7) is 3.05. The van der Waals surface area contributed by atoms with Crippen molar-refractivity contribution in [1.82, 2.24) is 5.32 Å². The van der Waals surface area contributed by atoms with Gasteiger partial charge in [-0.3, -0.25) is 4.79 Å². The molecule has 0 aliphatic carbocycles. The number of carbonyl (C=O) groups is 3. The van der Waals surface area contributed by atoms with Gasteiger partial charge < -0.3 is 26.4 Å². The molecule has 0 spiro atoms. The summed E-state index contributed by atoms with van der Waals surface area (Å²) >= 11 is 0. The third-order valence-corrected chi connectivity index (χ3v) is 2.60. The number of carboxylic acids is 2. The van der Waals surface area contributed by atoms with Crippen LogP contribution in [0.25, 0.3) is 0 Å². The molecule has 0 bridgehead atoms. The van der Waals surface area contributed by atoms with Gasteiger partial charge in [0.05, 0.1) is 12.6 Å². The normalized spacial score (nSPS) is 14.9. The third-order valence-electron chi connectivity index (χ3n) is 2.60. The van der Waals surface area contributed by atoms with Gasteiger partial charge in [0, 0.05) is 0 Å². The van der Waals surface area contributed by atoms with E-state index < -0.39 is 42.7 Å². The van der Waals surface area contributed by atoms with Crippen molar-refractivity contribution in [3.8, 4) is 0 Å². The Hall–Kier alpha value is -1.88. The van der Waals surface area contributed by atoms with Gasteiger partial charge in [-0.1, -0.05) is 20.3 Å². The van der Waals surface area contributed by atoms with Crippen LogP contribution in [-0.4, -0.2) is 58.0 Å². The van der Waals surface area contributed by atoms with Gasteiger partial charge in [0.15, 0.2) is 0 Å². The number of carboxylic acid groups (broad SMARTS) is 2. The third kappa shape index (κ3) is 9.13. The van der Waals surface area contributed by atoms with Gasteiger partial charge in [-0.05, 0) is 5.92 Å². The van der Waals surface area contributed by atoms with Crippen LogP contribution in [0.5, 0.6) is 0 Å². The van der Waals surface area contributed by atoms with Crippen LogP contribution in [0.1, 0.15) is 20.3 Å². The van der Waals surface area contributed by atoms with E-state index in [9.17, 15) is 22.8 Å². The highest BCUT2D eigenvalue weighted by Crippen LogP contribution is 2.13. The number of amides is 1. The molecule has 0 heterocycles. The summed E-state index contributed by atoms with van der Waals surface area (Å²) in [7, 11) is 0. The Morgan fingerprint density at radius 2 is 1.64 bits per heavy atom. The van der Waals surface area contributed by atoms with E-state index in [0.29, 0.717) is 0 Å². The maximum absolute atomic E-state index is 11.4. The molecule has 0 aromatic rings. The van der Waals surface area contributed by atoms with Gasteiger partial charge in [0.1, 0.15) is 6.04 Å². The lowest BCUT2D eigenvalue weighted by atomic mass is 9.99. The SMILES string of the molecule is CC[C@H](C)[C@H](N)C(=O)N[C@@H](CO)C(=O)O.O=C(O)C(F)(F)F. The number of aliphatic hydroxyl groups is 1. The minimum Gasteiger partial charge on any atom is -0.480 e. The second-order valence-corrected chi connectivity index (χ2v) is 4.30. The highest BCUT2D eigenvalue weighted by Gasteiger charge is 2.38. The molecule has 0 radical (unpaired) electrons. The summed E-state index contributed by atoms with van der Waals surface area (Å²) in [5.74, 6) is -4.61. The fourth-order valence-corrected chi connectivity index (χ4v) is 0.966. The van der Waals surface area contributed by atoms with Crippen molar-refractivity contribution in [1.29, 1.82) is 0 Å². The van der Waals surface area contributed by atoms with E-state index in [1.54, 1.807) is 6.92 Å². The van der Waals surface area contributed by atoms with Crippen molar-refractivity contribution in [2.24, 2.45) is 11.7 Å². The summed E-state index contributed by atoms with van der Waals surface area (Å²) in [5, 5.41) is 26.6. The predicted molar refractivity (Wildman–Crippen MR) is 67.8 cm³/mol. The molecule has 0 aromatic heterocycles. The summed E-state index contributed by atoms with van der Waals surface area (Å²) in [6.07, 6.45) is -4.36. The molecule has 22 heavy (non-hydrogen) atoms. The zero-order valence-electron chi connectivity index (χ0n) is 11.9. The minimum atomic E-state index is -5.08. The van der Waals surface area contributed by atoms with Crippen molar-refractivity contribution in [3.63, 3.8) is 0 Å². The lowest BCUT2D eigenvalue weighted by Crippen LogP contribution is -2.51. The second-order valence-electron chi connectivity index (χ2n) is 4.30. The zero-order valence-corrected chi connectivity index (χ0v) is 11.9. The molecule has 8 nitrogen and oxygen atoms in total. The molecular formula is C11H19F3N2O6. The van der Waals surface area contributed by atoms with Gasteiger partial charge in [-0.15, -0.1) is 0 Å². The van der Waals surface area contributed by atoms with E-state index in [1.807, 2.05) is 6.92 Å². The maximum atomic E-state index is 11.4. The molecule has 6 N–H and O–H groups in total. The lowest BCUT2D eigenvalue weighted by molar-refractivity contribution is -0.192. The quantitative estimate of drug-likeness (QED) is 0.442. The molecule has 0 rings (SSSR count). The Kier molecular flexibility index (Phi) is 10.1. The minimum absolute atomic E-state index is 0.0295. The van der Waals surface area contributed by atoms with Gasteiger partial charge in [0.2, 0.25) is 5.91 Å². The van der Waals surface area contributed by atoms with Crippen LogP contribution in [0.15, 0.2) is 0 Å². The Morgan fingerprint density at radius 1 is 1.23 bits per heavy atom. The largest absolute Gasteiger partial charge is 0.490 e. The standard InChI is InChI=1S/C9H18N2O4.C2HF3O2/c1-3-5(2)7(10)8(13)11-6(4-12)9(14)15;3-2(4,5)1(6)7/h5-7,12H,3-4,10H2,1-2H3,(H,11,13)(H,14,15);(H,6,7)/t5-,6-,7-;/m0./s1. The molecule has 0 aliphatic heterocycles. The average molecular weight is 332 g/mol. The number of nitrogens with one attached hydrogen (secondary N) is 1. The van der Waals surface area contributed by atoms with Gasteiger partial charge in [-0.2, -0.15) is 13.2 Å². The highest BCUT2D eigenvalue weighted by molar-refractivity contribution is 5.87. The lowest BCUT2D eigenvalue weighted by Gasteiger charge is -2.20. The summed E-state index contributed by atoms with van der Waals surface area (Å²) < 4.78 is 31.7. The zero-order chi connectivity index (χ0) is 18.1. The van der Waals surface area contributed by atoms with E-state index in [2.05, 4.69) is 5.32 Å². The molecule has 130 valence electrons. The number of rotatable bonds is 6. The number of aliphatic hydroxyl groups excluding tert-OH is 1. The number of alkyl halides is 3. The number of hydrogen-bond acceptors (Lipinski definition) is 5. The fraction of sp³-hybridized carbons (Fsp3) is 0.727. The first kappa shape index (κ1) is 22.4. The molecule has 0 saturated heterocycles. The topological polar surface area (TPSA) is 150 Å². The number of aliphatic carboxylic acids is 2. The summed E-state index contributed by atoms with van der Waals surface area (Å²) in [5.41, 5.74) is 5.59. The molecule has 0 aliphatic rings. The fourth-order valence-electron chi connectivity index (χ4n) is 0.966. The van der Waals surface area contributed by atoms with Crippen molar-refractivity contribution in [3.05, 3.63) is 0 Å². The predicted octanol–water partition coefficient (Wildman–Crippen LogP) is -0.445. The van der Waals surface area contributed by atoms with Gasteiger partial charge >= 0.3 is 18.1 Å². The Labute approximate surface area is 124 Å². The number of carbonyl (C=O) groups excluding carboxylic acids is 1. The van der Waals surface area contributed by atoms with E-state index in [4.69, 9.17) is 25.8 Å². The maximum Gasteiger partial charge on any atom is 0.490 e. The first-order chi connectivity index (χ1) is 9.88. The van der Waals surface area contributed by atoms with Crippen LogP contribution in [0.2, 0.25) is 0 Å². The molecule has 0 aromatic carbocycles. The van der Waals surface area contributed by atoms with Crippen LogP contribution in [0.3, 0.4) is 0 Å². The first-order valence-corrected chi connectivity index (χ1v) is 6.08. The van der Waals surface area contributed by atoms with Crippen LogP contribution in [0, 0.1) is 5.92 Å². The van der Waals surface area contributed by atoms with Crippen molar-refractivity contribution in [2.75, 3.05) is 6.61 Å². The number of halogens is 3. The van der Waals surface area contributed by atoms with E-state index in [-0.39, 0.29) is 5.92 Å². The molecule has 11 heteroatoms. The van der Waals surface area contributed by atoms with Crippen molar-refractivity contribution >= 4 is 17.8 Å². The molecular weight excluding hydrogens is 313 g/mol. The van der Waals surface area contributed by atoms with Crippen LogP contribution >= 0.6 is 0 Å². The monoisotopic (exact) mass is 332 g/mol. The molecule has 0 unspecified atom stereocenters. The summed E-state index contributed by atoms with van der Waals surface area (Å²) in [4.78, 5) is 30.8. The molecule has 0 fully saturated rings. The van der Waals surface area contributed by atoms with Crippen molar-refractivity contribution in [2.45, 2.75) is 38.5 Å². The summed E-state index contributed by atoms with van der Waals surface area (Å²) in [6, 6.07) is -2.03. The highest BCUT2D eigenvalue weighted by atomic mass is 19.4. The van der Waals surface area contributed by atoms with Crippen LogP contribution in [-0.2, 0) is 14.4 Å². The number of hydrogen-bond donors (Lipinski definition) is 5. The average Bonchev–Trinajstić information content (AvgIpc) is 2.41. The van der Waals surface area contributed by atoms with Crippen LogP contribution in [0.4, 0.5) is 13.2 Å². The Balaban J connectivity index is 0. The molecule has 0 saturated carbocycles. The van der Waals surface area contributed by atoms with Crippen molar-refractivity contribution < 1.29 is 42.9 Å². The second kappa shape index (κ2) is 9.95. The van der Waals surface area contributed by atoms with Crippen LogP contribution < -0.4 is 11.1 Å². The van der Waals surface area contributed by atoms with E-state index in [0.717, 1.165) is 6.42 Å². The number of nitrogens with two attached hydrogens (primary N) is 1. The molecule has 3 atom stereocenters. The van der Waals surface area contributed by atoms with Gasteiger partial charge in [-0.25, -0.2) is 9.59 Å². The van der Waals surface area contributed by atoms with Gasteiger partial charge in [0.25, 0.3) is 0 Å². The Morgan fingerprint density at radius 3 is 1.86 bits per heavy atom. The van der Waals surface area contributed by atoms with E-state index >= 15 is 0 Å². The molecule has 1 amide bonds. The van der Waals surface area contributed by atoms with E-state index in [1.165, 1.54) is 0 Å².